The molecule has 0 unspecified atom stereocenters. The molecule has 9 nitrogen and oxygen atoms in total. The highest BCUT2D eigenvalue weighted by atomic mass is 35.5. The number of aliphatic imine (C=N–C) groups is 1. The van der Waals surface area contributed by atoms with Gasteiger partial charge in [0.05, 0.1) is 48.5 Å². The molecule has 2 saturated carbocycles. The van der Waals surface area contributed by atoms with Crippen LogP contribution in [0.15, 0.2) is 45.8 Å². The molecule has 0 amide bonds. The van der Waals surface area contributed by atoms with E-state index in [2.05, 4.69) is 14.5 Å². The summed E-state index contributed by atoms with van der Waals surface area (Å²) in [6.07, 6.45) is 6.49. The van der Waals surface area contributed by atoms with Crippen molar-refractivity contribution in [3.63, 3.8) is 0 Å². The Balaban J connectivity index is 0.000000193. The molecule has 1 heterocycles. The number of aliphatic hydroxyl groups excluding tert-OH is 1. The molecule has 0 saturated heterocycles. The van der Waals surface area contributed by atoms with Gasteiger partial charge in [-0.2, -0.15) is 0 Å². The van der Waals surface area contributed by atoms with Crippen LogP contribution in [0.25, 0.3) is 16.7 Å². The number of carbonyl (C=O) groups is 2. The van der Waals surface area contributed by atoms with E-state index in [1.807, 2.05) is 0 Å². The van der Waals surface area contributed by atoms with Crippen molar-refractivity contribution in [1.82, 2.24) is 4.57 Å². The number of rotatable bonds is 7. The molecule has 3 aromatic rings. The number of aliphatic hydroxyl groups is 1. The second-order valence-corrected chi connectivity index (χ2v) is 10.3. The van der Waals surface area contributed by atoms with Crippen LogP contribution in [0, 0.1) is 11.6 Å². The van der Waals surface area contributed by atoms with Gasteiger partial charge in [-0.3, -0.25) is 9.79 Å². The van der Waals surface area contributed by atoms with Gasteiger partial charge in [-0.1, -0.05) is 23.2 Å². The maximum atomic E-state index is 13.7. The summed E-state index contributed by atoms with van der Waals surface area (Å²) < 4.78 is 43.3. The number of nitrogens with zero attached hydrogens (tertiary/aromatic N) is 2. The molecule has 0 aliphatic heterocycles. The Bertz CT molecular complexity index is 1680. The number of fused-ring (bicyclic) bond motifs is 1. The highest BCUT2D eigenvalue weighted by Crippen LogP contribution is 2.38. The van der Waals surface area contributed by atoms with Crippen molar-refractivity contribution >= 4 is 58.0 Å². The van der Waals surface area contributed by atoms with E-state index in [4.69, 9.17) is 27.9 Å². The summed E-state index contributed by atoms with van der Waals surface area (Å²) in [6.45, 7) is 0. The number of esters is 2. The normalized spacial score (nSPS) is 15.1. The van der Waals surface area contributed by atoms with Crippen molar-refractivity contribution < 1.29 is 37.7 Å². The molecule has 2 fully saturated rings. The summed E-state index contributed by atoms with van der Waals surface area (Å²) in [5.41, 5.74) is -0.272. The molecule has 222 valence electrons. The van der Waals surface area contributed by atoms with Crippen molar-refractivity contribution in [3.8, 4) is 5.75 Å². The second kappa shape index (κ2) is 12.9. The number of methoxy groups -OCH3 is 3. The first-order chi connectivity index (χ1) is 20.0. The quantitative estimate of drug-likeness (QED) is 0.147. The fourth-order valence-electron chi connectivity index (χ4n) is 4.01. The van der Waals surface area contributed by atoms with E-state index in [0.29, 0.717) is 5.52 Å². The number of aromatic nitrogens is 1. The molecule has 0 bridgehead atoms. The summed E-state index contributed by atoms with van der Waals surface area (Å²) in [6, 6.07) is 5.07. The molecule has 2 aliphatic carbocycles. The summed E-state index contributed by atoms with van der Waals surface area (Å²) in [4.78, 5) is 39.9. The summed E-state index contributed by atoms with van der Waals surface area (Å²) in [7, 11) is 3.73. The van der Waals surface area contributed by atoms with E-state index in [-0.39, 0.29) is 50.0 Å². The lowest BCUT2D eigenvalue weighted by atomic mass is 10.1. The molecule has 1 N–H and O–H groups in total. The van der Waals surface area contributed by atoms with Crippen LogP contribution in [0.1, 0.15) is 47.6 Å². The third kappa shape index (κ3) is 6.74. The van der Waals surface area contributed by atoms with E-state index in [9.17, 15) is 28.3 Å². The Morgan fingerprint density at radius 2 is 1.62 bits per heavy atom. The van der Waals surface area contributed by atoms with E-state index in [1.165, 1.54) is 45.9 Å². The van der Waals surface area contributed by atoms with E-state index >= 15 is 0 Å². The maximum absolute atomic E-state index is 13.7. The van der Waals surface area contributed by atoms with Crippen LogP contribution in [-0.4, -0.2) is 55.2 Å². The van der Waals surface area contributed by atoms with Crippen LogP contribution in [0.4, 0.5) is 8.78 Å². The molecule has 0 radical (unpaired) electrons. The molecular weight excluding hydrogens is 597 g/mol. The monoisotopic (exact) mass is 622 g/mol. The van der Waals surface area contributed by atoms with Gasteiger partial charge in [-0.05, 0) is 43.9 Å². The van der Waals surface area contributed by atoms with Gasteiger partial charge < -0.3 is 23.9 Å². The minimum atomic E-state index is -0.778. The third-order valence-corrected chi connectivity index (χ3v) is 7.12. The van der Waals surface area contributed by atoms with E-state index in [1.54, 1.807) is 4.57 Å². The number of halogens is 4. The molecule has 1 aromatic heterocycles. The van der Waals surface area contributed by atoms with Crippen LogP contribution in [0.3, 0.4) is 0 Å². The van der Waals surface area contributed by atoms with Gasteiger partial charge in [0.2, 0.25) is 5.43 Å². The van der Waals surface area contributed by atoms with Crippen LogP contribution < -0.4 is 10.2 Å². The molecule has 0 spiro atoms. The number of benzene rings is 2. The van der Waals surface area contributed by atoms with Gasteiger partial charge in [0, 0.05) is 29.9 Å². The zero-order valence-electron chi connectivity index (χ0n) is 22.8. The molecule has 2 aliphatic rings. The summed E-state index contributed by atoms with van der Waals surface area (Å²) in [5, 5.41) is 10.3. The smallest absolute Gasteiger partial charge is 0.343 e. The zero-order valence-corrected chi connectivity index (χ0v) is 24.3. The molecule has 0 atom stereocenters. The Labute approximate surface area is 248 Å². The average Bonchev–Trinajstić information content (AvgIpc) is 3.90. The topological polar surface area (TPSA) is 116 Å². The van der Waals surface area contributed by atoms with Crippen LogP contribution in [-0.2, 0) is 14.3 Å². The zero-order chi connectivity index (χ0) is 30.7. The van der Waals surface area contributed by atoms with Crippen LogP contribution in [0.5, 0.6) is 5.75 Å². The van der Waals surface area contributed by atoms with Gasteiger partial charge >= 0.3 is 11.9 Å². The fraction of sp³-hybridized carbons (Fsp3) is 0.310. The SMILES string of the molecule is COC(=O)C(C=NC1CC1)=C(O)c1cc(F)c(Cl)cc1OC.COC(=O)c1cn(C2CC2)c2cc(Cl)c(F)cc2c1=O. The minimum Gasteiger partial charge on any atom is -0.506 e. The summed E-state index contributed by atoms with van der Waals surface area (Å²) >= 11 is 11.5. The average molecular weight is 623 g/mol. The standard InChI is InChI=1S/C15H15ClFNO4.C14H11ClFNO3/c1-21-13-6-11(16)12(17)5-9(13)14(19)10(15(20)22-2)7-18-8-3-4-8;1-20-14(19)9-6-17(7-2-3-7)12-5-10(15)11(16)4-8(12)13(9)18/h5-8,19H,3-4H2,1-2H3;4-7H,2-3H2,1H3. The number of pyridine rings is 1. The predicted molar refractivity (Wildman–Crippen MR) is 154 cm³/mol. The van der Waals surface area contributed by atoms with Crippen molar-refractivity contribution in [2.45, 2.75) is 37.8 Å². The van der Waals surface area contributed by atoms with Crippen LogP contribution in [0.2, 0.25) is 10.0 Å². The Kier molecular flexibility index (Phi) is 9.53. The lowest BCUT2D eigenvalue weighted by molar-refractivity contribution is -0.135. The lowest BCUT2D eigenvalue weighted by Crippen LogP contribution is -2.20. The predicted octanol–water partition coefficient (Wildman–Crippen LogP) is 6.08. The van der Waals surface area contributed by atoms with Gasteiger partial charge in [0.25, 0.3) is 0 Å². The first-order valence-electron chi connectivity index (χ1n) is 12.7. The lowest BCUT2D eigenvalue weighted by Gasteiger charge is -2.12. The van der Waals surface area contributed by atoms with Crippen molar-refractivity contribution in [2.24, 2.45) is 4.99 Å². The minimum absolute atomic E-state index is 0.00736. The number of carbonyl (C=O) groups excluding carboxylic acids is 2. The highest BCUT2D eigenvalue weighted by molar-refractivity contribution is 6.31. The first-order valence-corrected chi connectivity index (χ1v) is 13.5. The van der Waals surface area contributed by atoms with Crippen molar-refractivity contribution in [3.05, 3.63) is 79.1 Å². The van der Waals surface area contributed by atoms with Gasteiger partial charge in [-0.15, -0.1) is 0 Å². The van der Waals surface area contributed by atoms with E-state index in [0.717, 1.165) is 37.8 Å². The Morgan fingerprint density at radius 3 is 2.19 bits per heavy atom. The van der Waals surface area contributed by atoms with Crippen LogP contribution >= 0.6 is 23.2 Å². The Hall–Kier alpha value is -3.96. The number of hydrogen-bond acceptors (Lipinski definition) is 8. The molecule has 13 heteroatoms. The fourth-order valence-corrected chi connectivity index (χ4v) is 4.32. The maximum Gasteiger partial charge on any atom is 0.343 e. The molecular formula is C29H26Cl2F2N2O7. The molecule has 5 rings (SSSR count). The van der Waals surface area contributed by atoms with Crippen molar-refractivity contribution in [2.75, 3.05) is 21.3 Å². The Morgan fingerprint density at radius 1 is 0.976 bits per heavy atom. The third-order valence-electron chi connectivity index (χ3n) is 6.54. The number of hydrogen-bond donors (Lipinski definition) is 1. The number of ether oxygens (including phenoxy) is 3. The van der Waals surface area contributed by atoms with Gasteiger partial charge in [0.1, 0.15) is 34.3 Å². The second-order valence-electron chi connectivity index (χ2n) is 9.52. The first kappa shape index (κ1) is 31.0. The molecule has 42 heavy (non-hydrogen) atoms. The molecule has 2 aromatic carbocycles. The highest BCUT2D eigenvalue weighted by Gasteiger charge is 2.28. The van der Waals surface area contributed by atoms with Gasteiger partial charge in [0.15, 0.2) is 0 Å². The van der Waals surface area contributed by atoms with Crippen molar-refractivity contribution in [1.29, 1.82) is 0 Å². The van der Waals surface area contributed by atoms with E-state index < -0.39 is 34.8 Å². The van der Waals surface area contributed by atoms with Gasteiger partial charge in [-0.25, -0.2) is 18.4 Å². The summed E-state index contributed by atoms with van der Waals surface area (Å²) in [5.74, 6) is -3.28. The largest absolute Gasteiger partial charge is 0.506 e.